The fourth-order valence-corrected chi connectivity index (χ4v) is 4.25. The third kappa shape index (κ3) is 2.70. The van der Waals surface area contributed by atoms with E-state index in [0.717, 1.165) is 7.57 Å². The van der Waals surface area contributed by atoms with Gasteiger partial charge in [-0.2, -0.15) is 0 Å². The highest BCUT2D eigenvalue weighted by atomic mass is 79.9. The van der Waals surface area contributed by atoms with E-state index in [1.165, 1.54) is 11.3 Å². The van der Waals surface area contributed by atoms with Crippen molar-refractivity contribution in [1.29, 1.82) is 0 Å². The maximum atomic E-state index is 12.2. The van der Waals surface area contributed by atoms with E-state index < -0.39 is 0 Å². The molecule has 0 spiro atoms. The molecule has 1 aromatic carbocycles. The molecule has 2 aromatic rings. The zero-order chi connectivity index (χ0) is 12.6. The first-order valence-electron chi connectivity index (χ1n) is 4.63. The Morgan fingerprint density at radius 3 is 2.12 bits per heavy atom. The molecule has 0 aliphatic rings. The second kappa shape index (κ2) is 4.80. The number of nitrogens with two attached hydrogens (primary N) is 2. The van der Waals surface area contributed by atoms with Crippen molar-refractivity contribution in [1.82, 2.24) is 0 Å². The standard InChI is InChI=1S/C11H8Br2N2OS/c12-9-4-8(11(13)17-9)10(16)5-1-6(14)3-7(15)2-5/h1-4H,14-15H2. The molecule has 2 rings (SSSR count). The number of thiophene rings is 1. The number of nitrogen functional groups attached to an aromatic ring is 2. The molecule has 0 unspecified atom stereocenters. The Bertz CT molecular complexity index is 575. The Hall–Kier alpha value is -0.850. The number of carbonyl (C=O) groups is 1. The summed E-state index contributed by atoms with van der Waals surface area (Å²) in [5, 5.41) is 0. The average Bonchev–Trinajstić information content (AvgIpc) is 2.55. The van der Waals surface area contributed by atoms with Crippen molar-refractivity contribution in [3.63, 3.8) is 0 Å². The fourth-order valence-electron chi connectivity index (χ4n) is 1.46. The van der Waals surface area contributed by atoms with E-state index in [1.807, 2.05) is 0 Å². The molecule has 0 aliphatic carbocycles. The Kier molecular flexibility index (Phi) is 3.56. The van der Waals surface area contributed by atoms with Gasteiger partial charge in [0.1, 0.15) is 0 Å². The molecule has 0 saturated carbocycles. The quantitative estimate of drug-likeness (QED) is 0.621. The van der Waals surface area contributed by atoms with Gasteiger partial charge in [0.2, 0.25) is 0 Å². The highest BCUT2D eigenvalue weighted by molar-refractivity contribution is 9.12. The lowest BCUT2D eigenvalue weighted by Crippen LogP contribution is -2.03. The minimum Gasteiger partial charge on any atom is -0.399 e. The van der Waals surface area contributed by atoms with Crippen LogP contribution in [0.15, 0.2) is 31.8 Å². The Balaban J connectivity index is 2.47. The molecule has 0 radical (unpaired) electrons. The van der Waals surface area contributed by atoms with Crippen molar-refractivity contribution in [2.24, 2.45) is 0 Å². The van der Waals surface area contributed by atoms with Crippen LogP contribution in [-0.4, -0.2) is 5.78 Å². The number of hydrogen-bond acceptors (Lipinski definition) is 4. The van der Waals surface area contributed by atoms with Crippen LogP contribution in [0.5, 0.6) is 0 Å². The van der Waals surface area contributed by atoms with Gasteiger partial charge in [-0.3, -0.25) is 4.79 Å². The van der Waals surface area contributed by atoms with Crippen molar-refractivity contribution in [3.8, 4) is 0 Å². The second-order valence-corrected chi connectivity index (χ2v) is 7.20. The maximum absolute atomic E-state index is 12.2. The van der Waals surface area contributed by atoms with E-state index in [1.54, 1.807) is 24.3 Å². The van der Waals surface area contributed by atoms with Crippen molar-refractivity contribution in [3.05, 3.63) is 43.0 Å². The predicted octanol–water partition coefficient (Wildman–Crippen LogP) is 3.67. The topological polar surface area (TPSA) is 69.1 Å². The molecular formula is C11H8Br2N2OS. The van der Waals surface area contributed by atoms with Gasteiger partial charge in [-0.05, 0) is 56.1 Å². The van der Waals surface area contributed by atoms with Crippen molar-refractivity contribution in [2.75, 3.05) is 11.5 Å². The molecule has 0 aliphatic heterocycles. The van der Waals surface area contributed by atoms with Gasteiger partial charge in [-0.1, -0.05) is 0 Å². The molecule has 4 N–H and O–H groups in total. The number of hydrogen-bond donors (Lipinski definition) is 2. The summed E-state index contributed by atoms with van der Waals surface area (Å²) in [6.07, 6.45) is 0. The van der Waals surface area contributed by atoms with E-state index >= 15 is 0 Å². The van der Waals surface area contributed by atoms with E-state index in [9.17, 15) is 4.79 Å². The van der Waals surface area contributed by atoms with E-state index in [0.29, 0.717) is 22.5 Å². The maximum Gasteiger partial charge on any atom is 0.195 e. The van der Waals surface area contributed by atoms with Crippen LogP contribution in [0.25, 0.3) is 0 Å². The van der Waals surface area contributed by atoms with E-state index in [4.69, 9.17) is 11.5 Å². The zero-order valence-corrected chi connectivity index (χ0v) is 12.5. The second-order valence-electron chi connectivity index (χ2n) is 3.46. The van der Waals surface area contributed by atoms with Gasteiger partial charge in [0.25, 0.3) is 0 Å². The number of ketones is 1. The zero-order valence-electron chi connectivity index (χ0n) is 8.54. The van der Waals surface area contributed by atoms with Crippen LogP contribution in [-0.2, 0) is 0 Å². The molecule has 88 valence electrons. The molecule has 0 atom stereocenters. The largest absolute Gasteiger partial charge is 0.399 e. The lowest BCUT2D eigenvalue weighted by atomic mass is 10.0. The van der Waals surface area contributed by atoms with Crippen LogP contribution in [0.4, 0.5) is 11.4 Å². The highest BCUT2D eigenvalue weighted by Gasteiger charge is 2.16. The number of anilines is 2. The van der Waals surface area contributed by atoms with Crippen molar-refractivity contribution < 1.29 is 4.79 Å². The van der Waals surface area contributed by atoms with Gasteiger partial charge >= 0.3 is 0 Å². The van der Waals surface area contributed by atoms with Gasteiger partial charge in [0.15, 0.2) is 5.78 Å². The third-order valence-electron chi connectivity index (χ3n) is 2.14. The Morgan fingerprint density at radius 1 is 1.06 bits per heavy atom. The fraction of sp³-hybridized carbons (Fsp3) is 0. The first kappa shape index (κ1) is 12.6. The summed E-state index contributed by atoms with van der Waals surface area (Å²) in [6.45, 7) is 0. The summed E-state index contributed by atoms with van der Waals surface area (Å²) in [5.74, 6) is -0.0992. The van der Waals surface area contributed by atoms with Crippen LogP contribution in [0.3, 0.4) is 0 Å². The van der Waals surface area contributed by atoms with Crippen LogP contribution in [0, 0.1) is 0 Å². The summed E-state index contributed by atoms with van der Waals surface area (Å²) in [6, 6.07) is 6.64. The molecule has 6 heteroatoms. The normalized spacial score (nSPS) is 10.5. The SMILES string of the molecule is Nc1cc(N)cc(C(=O)c2cc(Br)sc2Br)c1. The van der Waals surface area contributed by atoms with Gasteiger partial charge in [-0.15, -0.1) is 11.3 Å². The first-order valence-corrected chi connectivity index (χ1v) is 7.03. The molecule has 0 fully saturated rings. The van der Waals surface area contributed by atoms with E-state index in [2.05, 4.69) is 31.9 Å². The van der Waals surface area contributed by atoms with Crippen LogP contribution < -0.4 is 11.5 Å². The minimum atomic E-state index is -0.0992. The van der Waals surface area contributed by atoms with Crippen molar-refractivity contribution >= 4 is 60.4 Å². The molecule has 1 heterocycles. The molecular weight excluding hydrogens is 368 g/mol. The highest BCUT2D eigenvalue weighted by Crippen LogP contribution is 2.33. The molecule has 1 aromatic heterocycles. The predicted molar refractivity (Wildman–Crippen MR) is 78.4 cm³/mol. The van der Waals surface area contributed by atoms with Crippen LogP contribution >= 0.6 is 43.2 Å². The summed E-state index contributed by atoms with van der Waals surface area (Å²) >= 11 is 8.15. The minimum absolute atomic E-state index is 0.0992. The first-order chi connectivity index (χ1) is 7.97. The molecule has 0 bridgehead atoms. The third-order valence-corrected chi connectivity index (χ3v) is 4.48. The summed E-state index contributed by atoms with van der Waals surface area (Å²) in [5.41, 5.74) is 13.4. The molecule has 0 saturated heterocycles. The van der Waals surface area contributed by atoms with Crippen LogP contribution in [0.1, 0.15) is 15.9 Å². The smallest absolute Gasteiger partial charge is 0.195 e. The van der Waals surface area contributed by atoms with Crippen LogP contribution in [0.2, 0.25) is 0 Å². The molecule has 17 heavy (non-hydrogen) atoms. The number of halogens is 2. The van der Waals surface area contributed by atoms with Gasteiger partial charge < -0.3 is 11.5 Å². The Morgan fingerprint density at radius 2 is 1.65 bits per heavy atom. The lowest BCUT2D eigenvalue weighted by molar-refractivity contribution is 0.103. The van der Waals surface area contributed by atoms with Gasteiger partial charge in [-0.25, -0.2) is 0 Å². The summed E-state index contributed by atoms with van der Waals surface area (Å²) < 4.78 is 1.68. The molecule has 3 nitrogen and oxygen atoms in total. The number of rotatable bonds is 2. The van der Waals surface area contributed by atoms with Gasteiger partial charge in [0, 0.05) is 22.5 Å². The molecule has 0 amide bonds. The monoisotopic (exact) mass is 374 g/mol. The average molecular weight is 376 g/mol. The number of benzene rings is 1. The van der Waals surface area contributed by atoms with E-state index in [-0.39, 0.29) is 5.78 Å². The van der Waals surface area contributed by atoms with Crippen molar-refractivity contribution in [2.45, 2.75) is 0 Å². The Labute approximate surface area is 119 Å². The summed E-state index contributed by atoms with van der Waals surface area (Å²) in [7, 11) is 0. The van der Waals surface area contributed by atoms with Gasteiger partial charge in [0.05, 0.1) is 7.57 Å². The number of carbonyl (C=O) groups excluding carboxylic acids is 1. The lowest BCUT2D eigenvalue weighted by Gasteiger charge is -2.03. The summed E-state index contributed by atoms with van der Waals surface area (Å²) in [4.78, 5) is 12.2.